The largest absolute Gasteiger partial charge is 0.379 e. The summed E-state index contributed by atoms with van der Waals surface area (Å²) >= 11 is 0. The maximum Gasteiger partial charge on any atom is 0.0989 e. The summed E-state index contributed by atoms with van der Waals surface area (Å²) < 4.78 is 7.78. The van der Waals surface area contributed by atoms with E-state index in [4.69, 9.17) is 4.74 Å². The quantitative estimate of drug-likeness (QED) is 0.422. The molecule has 1 aliphatic rings. The summed E-state index contributed by atoms with van der Waals surface area (Å²) in [5, 5.41) is 0. The highest BCUT2D eigenvalue weighted by atomic mass is 28.2. The highest BCUT2D eigenvalue weighted by Gasteiger charge is 2.07. The molecule has 3 heteroatoms. The van der Waals surface area contributed by atoms with Crippen molar-refractivity contribution in [2.24, 2.45) is 0 Å². The Balaban J connectivity index is 2.07. The third-order valence-electron chi connectivity index (χ3n) is 1.75. The topological polar surface area (TPSA) is 12.5 Å². The van der Waals surface area contributed by atoms with Crippen LogP contribution in [0.1, 0.15) is 0 Å². The SMILES string of the molecule is C=CC[SiH2]N1CCOCC1. The molecule has 10 heavy (non-hydrogen) atoms. The molecule has 1 saturated heterocycles. The molecule has 0 aromatic rings. The molecule has 0 N–H and O–H groups in total. The minimum Gasteiger partial charge on any atom is -0.379 e. The van der Waals surface area contributed by atoms with E-state index in [9.17, 15) is 0 Å². The Morgan fingerprint density at radius 3 is 2.80 bits per heavy atom. The van der Waals surface area contributed by atoms with E-state index in [0.717, 1.165) is 26.3 Å². The summed E-state index contributed by atoms with van der Waals surface area (Å²) in [7, 11) is 0.000787. The van der Waals surface area contributed by atoms with Crippen LogP contribution in [0.4, 0.5) is 0 Å². The van der Waals surface area contributed by atoms with E-state index in [1.165, 1.54) is 6.04 Å². The molecule has 0 aromatic heterocycles. The smallest absolute Gasteiger partial charge is 0.0989 e. The second-order valence-corrected chi connectivity index (χ2v) is 4.45. The Hall–Kier alpha value is -0.123. The van der Waals surface area contributed by atoms with Crippen molar-refractivity contribution in [2.75, 3.05) is 26.3 Å². The van der Waals surface area contributed by atoms with Crippen LogP contribution < -0.4 is 0 Å². The van der Waals surface area contributed by atoms with Gasteiger partial charge in [0.1, 0.15) is 0 Å². The van der Waals surface area contributed by atoms with Gasteiger partial charge in [-0.1, -0.05) is 6.08 Å². The van der Waals surface area contributed by atoms with Crippen LogP contribution in [0.3, 0.4) is 0 Å². The molecular formula is C7H15NOSi. The van der Waals surface area contributed by atoms with Crippen LogP contribution in [0.25, 0.3) is 0 Å². The molecule has 0 aliphatic carbocycles. The van der Waals surface area contributed by atoms with E-state index in [-0.39, 0.29) is 9.68 Å². The van der Waals surface area contributed by atoms with Gasteiger partial charge in [0.25, 0.3) is 0 Å². The first kappa shape index (κ1) is 7.98. The lowest BCUT2D eigenvalue weighted by atomic mass is 10.5. The first-order valence-corrected chi connectivity index (χ1v) is 5.47. The van der Waals surface area contributed by atoms with Crippen LogP contribution in [0.2, 0.25) is 6.04 Å². The van der Waals surface area contributed by atoms with Crippen molar-refractivity contribution in [3.8, 4) is 0 Å². The fourth-order valence-corrected chi connectivity index (χ4v) is 2.35. The third kappa shape index (κ3) is 2.64. The average molecular weight is 157 g/mol. The Bertz CT molecular complexity index is 102. The van der Waals surface area contributed by atoms with E-state index < -0.39 is 0 Å². The number of morpholine rings is 1. The van der Waals surface area contributed by atoms with Gasteiger partial charge in [-0.25, -0.2) is 0 Å². The first-order chi connectivity index (χ1) is 4.93. The molecule has 0 bridgehead atoms. The average Bonchev–Trinajstić information content (AvgIpc) is 2.03. The summed E-state index contributed by atoms with van der Waals surface area (Å²) in [6, 6.07) is 1.24. The van der Waals surface area contributed by atoms with E-state index in [1.54, 1.807) is 0 Å². The summed E-state index contributed by atoms with van der Waals surface area (Å²) in [4.78, 5) is 0. The lowest BCUT2D eigenvalue weighted by Gasteiger charge is -2.25. The van der Waals surface area contributed by atoms with Gasteiger partial charge in [-0.05, 0) is 6.04 Å². The van der Waals surface area contributed by atoms with Gasteiger partial charge in [-0.3, -0.25) is 0 Å². The van der Waals surface area contributed by atoms with Crippen molar-refractivity contribution in [1.29, 1.82) is 0 Å². The fourth-order valence-electron chi connectivity index (χ4n) is 1.10. The van der Waals surface area contributed by atoms with Crippen LogP contribution in [0.15, 0.2) is 12.7 Å². The summed E-state index contributed by atoms with van der Waals surface area (Å²) in [6.45, 7) is 7.90. The van der Waals surface area contributed by atoms with Crippen molar-refractivity contribution in [3.63, 3.8) is 0 Å². The van der Waals surface area contributed by atoms with E-state index in [0.29, 0.717) is 0 Å². The van der Waals surface area contributed by atoms with Crippen LogP contribution in [-0.4, -0.2) is 40.5 Å². The van der Waals surface area contributed by atoms with Gasteiger partial charge in [0.05, 0.1) is 22.9 Å². The van der Waals surface area contributed by atoms with Crippen molar-refractivity contribution in [1.82, 2.24) is 4.57 Å². The van der Waals surface area contributed by atoms with E-state index >= 15 is 0 Å². The molecule has 0 atom stereocenters. The highest BCUT2D eigenvalue weighted by Crippen LogP contribution is 1.95. The Kier molecular flexibility index (Phi) is 3.71. The molecule has 0 aromatic carbocycles. The molecule has 1 rings (SSSR count). The van der Waals surface area contributed by atoms with Crippen molar-refractivity contribution in [2.45, 2.75) is 6.04 Å². The molecule has 1 heterocycles. The fraction of sp³-hybridized carbons (Fsp3) is 0.714. The zero-order valence-corrected chi connectivity index (χ0v) is 7.80. The second kappa shape index (κ2) is 4.66. The monoisotopic (exact) mass is 157 g/mol. The molecule has 58 valence electrons. The van der Waals surface area contributed by atoms with E-state index in [1.807, 2.05) is 6.08 Å². The molecule has 2 nitrogen and oxygen atoms in total. The number of ether oxygens (including phenoxy) is 1. The van der Waals surface area contributed by atoms with Gasteiger partial charge in [0.15, 0.2) is 0 Å². The Labute approximate surface area is 64.8 Å². The van der Waals surface area contributed by atoms with Gasteiger partial charge in [0, 0.05) is 13.1 Å². The van der Waals surface area contributed by atoms with Gasteiger partial charge >= 0.3 is 0 Å². The van der Waals surface area contributed by atoms with E-state index in [2.05, 4.69) is 11.1 Å². The van der Waals surface area contributed by atoms with Crippen molar-refractivity contribution >= 4 is 9.68 Å². The van der Waals surface area contributed by atoms with Gasteiger partial charge in [-0.2, -0.15) is 0 Å². The van der Waals surface area contributed by atoms with Crippen LogP contribution in [-0.2, 0) is 4.74 Å². The number of hydrogen-bond acceptors (Lipinski definition) is 2. The molecule has 0 amide bonds. The summed E-state index contributed by atoms with van der Waals surface area (Å²) in [5.41, 5.74) is 0. The number of hydrogen-bond donors (Lipinski definition) is 0. The van der Waals surface area contributed by atoms with Crippen LogP contribution >= 0.6 is 0 Å². The standard InChI is InChI=1S/C7H15NOSi/c1-2-7-10-8-3-5-9-6-4-8/h2H,1,3-7,10H2. The summed E-state index contributed by atoms with van der Waals surface area (Å²) in [5.74, 6) is 0. The van der Waals surface area contributed by atoms with Crippen LogP contribution in [0, 0.1) is 0 Å². The zero-order chi connectivity index (χ0) is 7.23. The Morgan fingerprint density at radius 2 is 2.20 bits per heavy atom. The van der Waals surface area contributed by atoms with Gasteiger partial charge in [-0.15, -0.1) is 6.58 Å². The van der Waals surface area contributed by atoms with Crippen molar-refractivity contribution in [3.05, 3.63) is 12.7 Å². The second-order valence-electron chi connectivity index (χ2n) is 2.53. The van der Waals surface area contributed by atoms with Crippen molar-refractivity contribution < 1.29 is 4.74 Å². The molecule has 1 aliphatic heterocycles. The zero-order valence-electron chi connectivity index (χ0n) is 6.38. The predicted octanol–water partition coefficient (Wildman–Crippen LogP) is 0.00670. The maximum atomic E-state index is 5.23. The number of rotatable bonds is 3. The Morgan fingerprint density at radius 1 is 1.50 bits per heavy atom. The minimum atomic E-state index is 0.000787. The lowest BCUT2D eigenvalue weighted by Crippen LogP contribution is -2.38. The lowest BCUT2D eigenvalue weighted by molar-refractivity contribution is 0.0725. The minimum absolute atomic E-state index is 0.000787. The maximum absolute atomic E-state index is 5.23. The predicted molar refractivity (Wildman–Crippen MR) is 45.9 cm³/mol. The normalized spacial score (nSPS) is 22.0. The molecule has 1 fully saturated rings. The molecular weight excluding hydrogens is 142 g/mol. The first-order valence-electron chi connectivity index (χ1n) is 3.84. The highest BCUT2D eigenvalue weighted by molar-refractivity contribution is 6.32. The number of nitrogens with zero attached hydrogens (tertiary/aromatic N) is 1. The third-order valence-corrected chi connectivity index (χ3v) is 3.68. The number of allylic oxidation sites excluding steroid dienone is 1. The molecule has 0 saturated carbocycles. The van der Waals surface area contributed by atoms with Gasteiger partial charge < -0.3 is 9.30 Å². The molecule has 0 radical (unpaired) electrons. The van der Waals surface area contributed by atoms with Gasteiger partial charge in [0.2, 0.25) is 0 Å². The van der Waals surface area contributed by atoms with Crippen LogP contribution in [0.5, 0.6) is 0 Å². The summed E-state index contributed by atoms with van der Waals surface area (Å²) in [6.07, 6.45) is 2.03. The molecule has 0 unspecified atom stereocenters. The molecule has 0 spiro atoms.